The highest BCUT2D eigenvalue weighted by Gasteiger charge is 2.19. The third-order valence-electron chi connectivity index (χ3n) is 18.7. The molecule has 36 heteroatoms. The lowest BCUT2D eigenvalue weighted by atomic mass is 10.1. The van der Waals surface area contributed by atoms with Gasteiger partial charge in [-0.1, -0.05) is 84.4 Å². The Labute approximate surface area is 710 Å². The van der Waals surface area contributed by atoms with E-state index in [1.165, 1.54) is 35.2 Å². The number of anilines is 16. The standard InChI is InChI=1S/C25H19N7OS.C25H18N6S.C18H12ClN7S.C18H12N8O2S/c1-2-5-16(6-3-1)15-33-21-7-4-11-26-23(21)30-25-29-20-10-12-34-22(20)24(31-25)28-18-8-9-19-17(13-18)14-27-32-19;1-2-5-16(6-3-1)17-7-4-8-19(13-17)28-25-29-22-11-12-32-23(22)24(30-25)27-20-9-10-21-18(14-20)15-26-31-21;19-15-4-2-12(9-20-15)23-18-24-14-5-6-27-16(14)17(25-18)22-11-1-3-13-10(7-11)8-21-26-13;27-26(28)12-2-4-15(19-9-12)23-18-22-14-5-6-29-16(14)17(24-18)21-11-1-3-13-10(7-11)8-20-25-13/h1-14H,15H2,(H,27,32)(H2,26,28,29,30,31);1-15H,(H,26,31)(H2,27,28,29,30);1-9H,(H,21,26)(H2,22,23,24,25);1-9H,(H,20,25)(H2,19,21,22,23,24). The number of aromatic nitrogens is 19. The van der Waals surface area contributed by atoms with Crippen LogP contribution in [0, 0.1) is 10.1 Å². The van der Waals surface area contributed by atoms with E-state index in [1.807, 2.05) is 198 Å². The molecule has 12 N–H and O–H groups in total. The molecule has 15 heterocycles. The second-order valence-corrected chi connectivity index (χ2v) is 31.0. The molecule has 0 atom stereocenters. The molecule has 22 rings (SSSR count). The zero-order valence-corrected chi connectivity index (χ0v) is 67.3. The second kappa shape index (κ2) is 34.6. The highest BCUT2D eigenvalue weighted by atomic mass is 35.5. The molecule has 0 spiro atoms. The Morgan fingerprint density at radius 1 is 0.352 bits per heavy atom. The minimum absolute atomic E-state index is 0.0817. The molecule has 594 valence electrons. The Balaban J connectivity index is 0.000000107. The summed E-state index contributed by atoms with van der Waals surface area (Å²) in [6.07, 6.45) is 11.7. The van der Waals surface area contributed by atoms with E-state index in [-0.39, 0.29) is 5.69 Å². The summed E-state index contributed by atoms with van der Waals surface area (Å²) in [6.45, 7) is 0.439. The molecular formula is C86H61ClN28O3S4. The Hall–Kier alpha value is -16.1. The molecule has 0 unspecified atom stereocenters. The number of aromatic amines is 4. The van der Waals surface area contributed by atoms with Crippen molar-refractivity contribution in [3.05, 3.63) is 304 Å². The molecular weight excluding hydrogens is 1640 g/mol. The summed E-state index contributed by atoms with van der Waals surface area (Å²) < 4.78 is 9.91. The minimum Gasteiger partial charge on any atom is -0.485 e. The Bertz CT molecular complexity index is 7470. The van der Waals surface area contributed by atoms with Crippen LogP contribution in [-0.4, -0.2) is 101 Å². The van der Waals surface area contributed by atoms with E-state index in [0.29, 0.717) is 64.6 Å². The molecule has 7 aromatic carbocycles. The molecule has 22 aromatic rings. The largest absolute Gasteiger partial charge is 0.485 e. The highest BCUT2D eigenvalue weighted by molar-refractivity contribution is 7.18. The lowest BCUT2D eigenvalue weighted by Gasteiger charge is -2.13. The van der Waals surface area contributed by atoms with Crippen LogP contribution in [0.2, 0.25) is 5.15 Å². The van der Waals surface area contributed by atoms with Crippen molar-refractivity contribution >= 4 is 240 Å². The number of nitrogens with zero attached hydrogens (tertiary/aromatic N) is 16. The van der Waals surface area contributed by atoms with Gasteiger partial charge in [0.2, 0.25) is 23.8 Å². The fourth-order valence-corrected chi connectivity index (χ4v) is 16.1. The maximum absolute atomic E-state index is 10.8. The molecule has 31 nitrogen and oxygen atoms in total. The van der Waals surface area contributed by atoms with Gasteiger partial charge in [0.05, 0.1) is 105 Å². The van der Waals surface area contributed by atoms with Gasteiger partial charge in [-0.2, -0.15) is 40.3 Å². The first-order valence-electron chi connectivity index (χ1n) is 37.4. The molecule has 122 heavy (non-hydrogen) atoms. The van der Waals surface area contributed by atoms with Crippen molar-refractivity contribution in [1.29, 1.82) is 0 Å². The van der Waals surface area contributed by atoms with Crippen molar-refractivity contribution < 1.29 is 9.66 Å². The van der Waals surface area contributed by atoms with Gasteiger partial charge in [0.1, 0.15) is 23.8 Å². The van der Waals surface area contributed by atoms with Crippen molar-refractivity contribution in [2.75, 3.05) is 42.5 Å². The molecule has 0 aliphatic rings. The smallest absolute Gasteiger partial charge is 0.287 e. The number of thiophene rings is 4. The third kappa shape index (κ3) is 17.6. The van der Waals surface area contributed by atoms with Crippen LogP contribution in [0.15, 0.2) is 283 Å². The number of halogens is 1. The molecule has 0 aliphatic carbocycles. The number of ether oxygens (including phenoxy) is 1. The molecule has 0 aliphatic heterocycles. The van der Waals surface area contributed by atoms with E-state index in [4.69, 9.17) is 31.3 Å². The minimum atomic E-state index is -0.496. The van der Waals surface area contributed by atoms with Crippen LogP contribution in [0.5, 0.6) is 5.75 Å². The molecule has 0 saturated heterocycles. The maximum Gasteiger partial charge on any atom is 0.287 e. The van der Waals surface area contributed by atoms with Crippen molar-refractivity contribution in [2.45, 2.75) is 6.61 Å². The van der Waals surface area contributed by atoms with Gasteiger partial charge in [-0.25, -0.2) is 34.9 Å². The fraction of sp³-hybridized carbons (Fsp3) is 0.0116. The van der Waals surface area contributed by atoms with Crippen LogP contribution in [0.25, 0.3) is 95.6 Å². The fourth-order valence-electron chi connectivity index (χ4n) is 12.9. The number of benzene rings is 7. The van der Waals surface area contributed by atoms with Gasteiger partial charge in [-0.15, -0.1) is 45.3 Å². The molecule has 0 fully saturated rings. The number of pyridine rings is 3. The zero-order chi connectivity index (χ0) is 82.1. The van der Waals surface area contributed by atoms with Gasteiger partial charge >= 0.3 is 0 Å². The topological polar surface area (TPSA) is 405 Å². The summed E-state index contributed by atoms with van der Waals surface area (Å²) >= 11 is 12.2. The first kappa shape index (κ1) is 75.9. The number of fused-ring (bicyclic) bond motifs is 8. The summed E-state index contributed by atoms with van der Waals surface area (Å²) in [6, 6.07) is 70.5. The Morgan fingerprint density at radius 2 is 0.779 bits per heavy atom. The van der Waals surface area contributed by atoms with Gasteiger partial charge in [-0.3, -0.25) is 30.5 Å². The first-order chi connectivity index (χ1) is 60.0. The van der Waals surface area contributed by atoms with E-state index in [1.54, 1.807) is 71.1 Å². The van der Waals surface area contributed by atoms with Crippen LogP contribution in [0.3, 0.4) is 0 Å². The number of nitrogens with one attached hydrogen (secondary N) is 12. The summed E-state index contributed by atoms with van der Waals surface area (Å²) in [5.41, 5.74) is 16.0. The summed E-state index contributed by atoms with van der Waals surface area (Å²) in [7, 11) is 0. The van der Waals surface area contributed by atoms with Crippen LogP contribution in [-0.2, 0) is 6.61 Å². The molecule has 15 aromatic heterocycles. The first-order valence-corrected chi connectivity index (χ1v) is 41.3. The number of rotatable bonds is 21. The predicted molar refractivity (Wildman–Crippen MR) is 487 cm³/mol. The second-order valence-electron chi connectivity index (χ2n) is 26.9. The Kier molecular flexibility index (Phi) is 21.5. The summed E-state index contributed by atoms with van der Waals surface area (Å²) in [5.74, 6) is 6.27. The van der Waals surface area contributed by atoms with Gasteiger partial charge in [0.25, 0.3) is 5.69 Å². The van der Waals surface area contributed by atoms with E-state index in [0.717, 1.165) is 141 Å². The molecule has 0 bridgehead atoms. The van der Waals surface area contributed by atoms with Crippen LogP contribution < -0.4 is 47.3 Å². The summed E-state index contributed by atoms with van der Waals surface area (Å²) in [4.78, 5) is 60.0. The van der Waals surface area contributed by atoms with Crippen molar-refractivity contribution in [1.82, 2.24) is 95.6 Å². The number of nitro groups is 1. The maximum atomic E-state index is 10.8. The summed E-state index contributed by atoms with van der Waals surface area (Å²) in [5, 5.41) is 77.7. The Morgan fingerprint density at radius 3 is 1.22 bits per heavy atom. The van der Waals surface area contributed by atoms with Crippen molar-refractivity contribution in [3.63, 3.8) is 0 Å². The monoisotopic (exact) mass is 1700 g/mol. The predicted octanol–water partition coefficient (Wildman–Crippen LogP) is 22.2. The van der Waals surface area contributed by atoms with Crippen LogP contribution >= 0.6 is 56.9 Å². The van der Waals surface area contributed by atoms with E-state index >= 15 is 0 Å². The van der Waals surface area contributed by atoms with Gasteiger partial charge in [0.15, 0.2) is 34.8 Å². The third-order valence-corrected chi connectivity index (χ3v) is 22.5. The van der Waals surface area contributed by atoms with Gasteiger partial charge in [0, 0.05) is 62.2 Å². The average Bonchev–Trinajstić information content (AvgIpc) is 1.62. The number of hydrogen-bond donors (Lipinski definition) is 12. The van der Waals surface area contributed by atoms with Crippen LogP contribution in [0.1, 0.15) is 5.56 Å². The number of H-pyrrole nitrogens is 4. The molecule has 0 saturated carbocycles. The van der Waals surface area contributed by atoms with E-state index in [2.05, 4.69) is 154 Å². The average molecular weight is 1700 g/mol. The quantitative estimate of drug-likeness (QED) is 0.0181. The van der Waals surface area contributed by atoms with Crippen LogP contribution in [0.4, 0.5) is 98.5 Å². The zero-order valence-electron chi connectivity index (χ0n) is 63.2. The van der Waals surface area contributed by atoms with E-state index in [9.17, 15) is 10.1 Å². The highest BCUT2D eigenvalue weighted by Crippen LogP contribution is 2.38. The molecule has 0 amide bonds. The molecule has 0 radical (unpaired) electrons. The van der Waals surface area contributed by atoms with Gasteiger partial charge in [-0.05, 0) is 178 Å². The van der Waals surface area contributed by atoms with Crippen molar-refractivity contribution in [2.24, 2.45) is 0 Å². The van der Waals surface area contributed by atoms with E-state index < -0.39 is 4.92 Å². The van der Waals surface area contributed by atoms with Crippen molar-refractivity contribution in [3.8, 4) is 16.9 Å². The normalized spacial score (nSPS) is 11.1. The lowest BCUT2D eigenvalue weighted by molar-refractivity contribution is -0.385. The number of hydrogen-bond acceptors (Lipinski definition) is 30. The van der Waals surface area contributed by atoms with Gasteiger partial charge < -0.3 is 47.3 Å². The SMILES string of the molecule is Clc1ccc(Nc2nc(Nc3ccc4[nH]ncc4c3)c3sccc3n2)cn1.O=[N+]([O-])c1ccc(Nc2nc(Nc3ccc4[nH]ncc4c3)c3sccc3n2)nc1.c1ccc(-c2cccc(Nc3nc(Nc4ccc5[nH]ncc5c4)c4sccc4n3)c2)cc1.c1ccc(COc2cccnc2Nc2nc(Nc3ccc4[nH]ncc4c3)c3sccc3n2)cc1. The lowest BCUT2D eigenvalue weighted by Crippen LogP contribution is -2.05.